The van der Waals surface area contributed by atoms with E-state index in [9.17, 15) is 14.4 Å². The molecule has 7 nitrogen and oxygen atoms in total. The molecule has 2 aliphatic rings. The number of piperazine rings is 1. The Morgan fingerprint density at radius 3 is 2.18 bits per heavy atom. The van der Waals surface area contributed by atoms with E-state index >= 15 is 0 Å². The van der Waals surface area contributed by atoms with Gasteiger partial charge in [-0.05, 0) is 12.8 Å². The number of carboxylic acids is 1. The Balaban J connectivity index is 2.08. The minimum absolute atomic E-state index is 0.0479. The van der Waals surface area contributed by atoms with Crippen molar-refractivity contribution < 1.29 is 24.6 Å². The molecule has 0 spiro atoms. The Labute approximate surface area is 97.6 Å². The van der Waals surface area contributed by atoms with Crippen LogP contribution in [0.4, 0.5) is 4.79 Å². The maximum atomic E-state index is 11.8. The molecule has 0 aromatic heterocycles. The fourth-order valence-corrected chi connectivity index (χ4v) is 2.00. The topological polar surface area (TPSA) is 98.2 Å². The van der Waals surface area contributed by atoms with E-state index in [0.29, 0.717) is 0 Å². The van der Waals surface area contributed by atoms with Crippen molar-refractivity contribution >= 4 is 18.0 Å². The fraction of sp³-hybridized carbons (Fsp3) is 0.700. The van der Waals surface area contributed by atoms with E-state index in [0.717, 1.165) is 17.7 Å². The SMILES string of the molecule is O=C(O)C1CN(C(=O)O)CCN1C(=O)C1CC1. The summed E-state index contributed by atoms with van der Waals surface area (Å²) in [6.07, 6.45) is 0.476. The van der Waals surface area contributed by atoms with Crippen molar-refractivity contribution in [1.82, 2.24) is 9.80 Å². The number of rotatable bonds is 2. The first-order valence-corrected chi connectivity index (χ1v) is 5.52. The van der Waals surface area contributed by atoms with Crippen molar-refractivity contribution in [1.29, 1.82) is 0 Å². The van der Waals surface area contributed by atoms with Gasteiger partial charge in [0.25, 0.3) is 0 Å². The number of nitrogens with zero attached hydrogens (tertiary/aromatic N) is 2. The Morgan fingerprint density at radius 2 is 1.71 bits per heavy atom. The summed E-state index contributed by atoms with van der Waals surface area (Å²) in [7, 11) is 0. The van der Waals surface area contributed by atoms with Gasteiger partial charge in [-0.3, -0.25) is 4.79 Å². The van der Waals surface area contributed by atoms with Crippen LogP contribution < -0.4 is 0 Å². The molecule has 1 aliphatic heterocycles. The van der Waals surface area contributed by atoms with Crippen LogP contribution in [0.2, 0.25) is 0 Å². The number of hydrogen-bond acceptors (Lipinski definition) is 3. The molecule has 7 heteroatoms. The van der Waals surface area contributed by atoms with E-state index in [-0.39, 0.29) is 31.5 Å². The van der Waals surface area contributed by atoms with Crippen LogP contribution in [0.5, 0.6) is 0 Å². The summed E-state index contributed by atoms with van der Waals surface area (Å²) < 4.78 is 0. The first-order chi connectivity index (χ1) is 8.00. The minimum Gasteiger partial charge on any atom is -0.480 e. The van der Waals surface area contributed by atoms with Crippen molar-refractivity contribution in [3.05, 3.63) is 0 Å². The van der Waals surface area contributed by atoms with Crippen LogP contribution in [-0.2, 0) is 9.59 Å². The lowest BCUT2D eigenvalue weighted by Crippen LogP contribution is -2.59. The van der Waals surface area contributed by atoms with E-state index in [1.165, 1.54) is 4.90 Å². The molecule has 2 N–H and O–H groups in total. The third-order valence-electron chi connectivity index (χ3n) is 3.15. The van der Waals surface area contributed by atoms with Crippen LogP contribution in [0.15, 0.2) is 0 Å². The summed E-state index contributed by atoms with van der Waals surface area (Å²) in [4.78, 5) is 36.0. The fourth-order valence-electron chi connectivity index (χ4n) is 2.00. The number of carbonyl (C=O) groups excluding carboxylic acids is 1. The molecule has 0 radical (unpaired) electrons. The van der Waals surface area contributed by atoms with Crippen LogP contribution in [0.3, 0.4) is 0 Å². The number of amides is 2. The number of aliphatic carboxylic acids is 1. The van der Waals surface area contributed by atoms with E-state index in [1.54, 1.807) is 0 Å². The maximum absolute atomic E-state index is 11.8. The summed E-state index contributed by atoms with van der Waals surface area (Å²) >= 11 is 0. The lowest BCUT2D eigenvalue weighted by atomic mass is 10.1. The summed E-state index contributed by atoms with van der Waals surface area (Å²) in [5.41, 5.74) is 0. The second kappa shape index (κ2) is 4.23. The first-order valence-electron chi connectivity index (χ1n) is 5.52. The Morgan fingerprint density at radius 1 is 1.06 bits per heavy atom. The van der Waals surface area contributed by atoms with Crippen LogP contribution in [-0.4, -0.2) is 63.7 Å². The van der Waals surface area contributed by atoms with E-state index in [4.69, 9.17) is 10.2 Å². The summed E-state index contributed by atoms with van der Waals surface area (Å²) in [5, 5.41) is 17.9. The standard InChI is InChI=1S/C10H14N2O5/c13-8(6-1-2-6)12-4-3-11(10(16)17)5-7(12)9(14)15/h6-7H,1-5H2,(H,14,15)(H,16,17). The van der Waals surface area contributed by atoms with Crippen molar-refractivity contribution in [3.63, 3.8) is 0 Å². The van der Waals surface area contributed by atoms with Crippen molar-refractivity contribution in [2.24, 2.45) is 5.92 Å². The predicted molar refractivity (Wildman–Crippen MR) is 55.5 cm³/mol. The zero-order valence-corrected chi connectivity index (χ0v) is 9.20. The Kier molecular flexibility index (Phi) is 2.91. The van der Waals surface area contributed by atoms with Gasteiger partial charge in [0.05, 0.1) is 6.54 Å². The van der Waals surface area contributed by atoms with Crippen molar-refractivity contribution in [2.45, 2.75) is 18.9 Å². The smallest absolute Gasteiger partial charge is 0.407 e. The second-order valence-electron chi connectivity index (χ2n) is 4.39. The van der Waals surface area contributed by atoms with Gasteiger partial charge < -0.3 is 20.0 Å². The van der Waals surface area contributed by atoms with E-state index < -0.39 is 18.1 Å². The molecule has 0 bridgehead atoms. The Hall–Kier alpha value is -1.79. The first kappa shape index (κ1) is 11.7. The molecule has 1 saturated carbocycles. The van der Waals surface area contributed by atoms with Crippen LogP contribution in [0.1, 0.15) is 12.8 Å². The van der Waals surface area contributed by atoms with Crippen LogP contribution in [0, 0.1) is 5.92 Å². The quantitative estimate of drug-likeness (QED) is 0.691. The molecular weight excluding hydrogens is 228 g/mol. The van der Waals surface area contributed by atoms with E-state index in [2.05, 4.69) is 0 Å². The molecule has 1 unspecified atom stereocenters. The predicted octanol–water partition coefficient (Wildman–Crippen LogP) is -0.328. The molecule has 0 aromatic rings. The van der Waals surface area contributed by atoms with Gasteiger partial charge >= 0.3 is 12.1 Å². The highest BCUT2D eigenvalue weighted by molar-refractivity contribution is 5.87. The molecule has 17 heavy (non-hydrogen) atoms. The lowest BCUT2D eigenvalue weighted by Gasteiger charge is -2.38. The highest BCUT2D eigenvalue weighted by atomic mass is 16.4. The Bertz CT molecular complexity index is 366. The molecule has 1 aliphatic carbocycles. The van der Waals surface area contributed by atoms with Gasteiger partial charge in [-0.25, -0.2) is 9.59 Å². The molecular formula is C10H14N2O5. The zero-order chi connectivity index (χ0) is 12.6. The van der Waals surface area contributed by atoms with Gasteiger partial charge in [-0.15, -0.1) is 0 Å². The molecule has 2 fully saturated rings. The molecule has 1 heterocycles. The largest absolute Gasteiger partial charge is 0.480 e. The van der Waals surface area contributed by atoms with Gasteiger partial charge in [-0.1, -0.05) is 0 Å². The van der Waals surface area contributed by atoms with E-state index in [1.807, 2.05) is 0 Å². The highest BCUT2D eigenvalue weighted by Crippen LogP contribution is 2.32. The third-order valence-corrected chi connectivity index (χ3v) is 3.15. The average Bonchev–Trinajstić information content (AvgIpc) is 3.10. The zero-order valence-electron chi connectivity index (χ0n) is 9.20. The summed E-state index contributed by atoms with van der Waals surface area (Å²) in [5.74, 6) is -1.35. The van der Waals surface area contributed by atoms with Crippen LogP contribution >= 0.6 is 0 Å². The normalized spacial score (nSPS) is 24.6. The average molecular weight is 242 g/mol. The molecule has 2 amide bonds. The van der Waals surface area contributed by atoms with Crippen molar-refractivity contribution in [2.75, 3.05) is 19.6 Å². The van der Waals surface area contributed by atoms with Gasteiger partial charge in [-0.2, -0.15) is 0 Å². The lowest BCUT2D eigenvalue weighted by molar-refractivity contribution is -0.153. The minimum atomic E-state index is -1.15. The monoisotopic (exact) mass is 242 g/mol. The molecule has 0 aromatic carbocycles. The molecule has 1 atom stereocenters. The number of hydrogen-bond donors (Lipinski definition) is 2. The van der Waals surface area contributed by atoms with Gasteiger partial charge in [0.2, 0.25) is 5.91 Å². The summed E-state index contributed by atoms with van der Waals surface area (Å²) in [6, 6.07) is -1.05. The molecule has 1 saturated heterocycles. The molecule has 2 rings (SSSR count). The number of carboxylic acid groups (broad SMARTS) is 2. The van der Waals surface area contributed by atoms with Crippen molar-refractivity contribution in [3.8, 4) is 0 Å². The van der Waals surface area contributed by atoms with Crippen LogP contribution in [0.25, 0.3) is 0 Å². The second-order valence-corrected chi connectivity index (χ2v) is 4.39. The maximum Gasteiger partial charge on any atom is 0.407 e. The number of carbonyl (C=O) groups is 3. The van der Waals surface area contributed by atoms with Gasteiger partial charge in [0.1, 0.15) is 6.04 Å². The summed E-state index contributed by atoms with van der Waals surface area (Å²) in [6.45, 7) is 0.194. The third kappa shape index (κ3) is 2.32. The molecule has 94 valence electrons. The van der Waals surface area contributed by atoms with Gasteiger partial charge in [0, 0.05) is 19.0 Å². The highest BCUT2D eigenvalue weighted by Gasteiger charge is 2.42. The van der Waals surface area contributed by atoms with Gasteiger partial charge in [0.15, 0.2) is 0 Å².